The van der Waals surface area contributed by atoms with Crippen molar-refractivity contribution in [2.75, 3.05) is 0 Å². The first-order chi connectivity index (χ1) is 15.8. The van der Waals surface area contributed by atoms with E-state index < -0.39 is 0 Å². The molecule has 156 valence electrons. The molecule has 0 spiro atoms. The van der Waals surface area contributed by atoms with Gasteiger partial charge in [-0.15, -0.1) is 0 Å². The zero-order valence-electron chi connectivity index (χ0n) is 18.2. The van der Waals surface area contributed by atoms with Crippen LogP contribution in [-0.4, -0.2) is 0 Å². The molecular formula is C30H25NS. The number of hydrogen-bond acceptors (Lipinski definition) is 2. The summed E-state index contributed by atoms with van der Waals surface area (Å²) in [5.74, 6) is 0.700. The predicted octanol–water partition coefficient (Wildman–Crippen LogP) is 7.97. The van der Waals surface area contributed by atoms with Crippen LogP contribution in [0.3, 0.4) is 0 Å². The second kappa shape index (κ2) is 10.7. The number of thioether (sulfide) groups is 1. The molecule has 2 heteroatoms. The lowest BCUT2D eigenvalue weighted by Gasteiger charge is -2.18. The van der Waals surface area contributed by atoms with Gasteiger partial charge in [0.1, 0.15) is 5.40 Å². The van der Waals surface area contributed by atoms with Crippen LogP contribution in [0.25, 0.3) is 11.1 Å². The number of thiocyanates is 1. The lowest BCUT2D eigenvalue weighted by Crippen LogP contribution is -1.98. The third-order valence-electron chi connectivity index (χ3n) is 5.57. The topological polar surface area (TPSA) is 23.8 Å². The number of benzene rings is 4. The molecule has 0 heterocycles. The lowest BCUT2D eigenvalue weighted by molar-refractivity contribution is 1.14. The fourth-order valence-electron chi connectivity index (χ4n) is 3.91. The Kier molecular flexibility index (Phi) is 7.23. The molecular weight excluding hydrogens is 406 g/mol. The van der Waals surface area contributed by atoms with E-state index in [9.17, 15) is 0 Å². The van der Waals surface area contributed by atoms with Crippen molar-refractivity contribution in [1.82, 2.24) is 0 Å². The Morgan fingerprint density at radius 3 is 1.41 bits per heavy atom. The molecule has 0 radical (unpaired) electrons. The number of rotatable bonds is 7. The first-order valence-corrected chi connectivity index (χ1v) is 11.8. The quantitative estimate of drug-likeness (QED) is 0.219. The Balaban J connectivity index is 1.96. The largest absolute Gasteiger partial charge is 0.185 e. The van der Waals surface area contributed by atoms with Crippen molar-refractivity contribution in [1.29, 1.82) is 5.26 Å². The van der Waals surface area contributed by atoms with Crippen molar-refractivity contribution < 1.29 is 0 Å². The molecule has 1 nitrogen and oxygen atoms in total. The van der Waals surface area contributed by atoms with Gasteiger partial charge in [0.15, 0.2) is 0 Å². The van der Waals surface area contributed by atoms with Gasteiger partial charge >= 0.3 is 0 Å². The van der Waals surface area contributed by atoms with Crippen molar-refractivity contribution in [3.8, 4) is 5.40 Å². The maximum absolute atomic E-state index is 8.89. The van der Waals surface area contributed by atoms with Gasteiger partial charge in [0, 0.05) is 5.75 Å². The summed E-state index contributed by atoms with van der Waals surface area (Å²) >= 11 is 1.27. The normalized spacial score (nSPS) is 11.5. The summed E-state index contributed by atoms with van der Waals surface area (Å²) in [6.07, 6.45) is 1.03. The molecule has 4 rings (SSSR count). The Morgan fingerprint density at radius 2 is 1.00 bits per heavy atom. The monoisotopic (exact) mass is 431 g/mol. The summed E-state index contributed by atoms with van der Waals surface area (Å²) in [4.78, 5) is 0. The fraction of sp³-hybridized carbons (Fsp3) is 0.100. The van der Waals surface area contributed by atoms with Crippen molar-refractivity contribution >= 4 is 22.9 Å². The smallest absolute Gasteiger partial charge is 0.133 e. The van der Waals surface area contributed by atoms with Crippen LogP contribution in [0.15, 0.2) is 109 Å². The van der Waals surface area contributed by atoms with Gasteiger partial charge in [0.2, 0.25) is 0 Å². The maximum atomic E-state index is 8.89. The minimum Gasteiger partial charge on any atom is -0.185 e. The summed E-state index contributed by atoms with van der Waals surface area (Å²) in [5.41, 5.74) is 9.67. The Bertz CT molecular complexity index is 1220. The molecule has 0 saturated carbocycles. The van der Waals surface area contributed by atoms with E-state index in [1.807, 2.05) is 0 Å². The fourth-order valence-corrected chi connectivity index (χ4v) is 4.33. The Labute approximate surface area is 195 Å². The third kappa shape index (κ3) is 5.02. The first kappa shape index (κ1) is 21.7. The molecule has 0 aromatic heterocycles. The number of hydrogen-bond donors (Lipinski definition) is 0. The van der Waals surface area contributed by atoms with Gasteiger partial charge < -0.3 is 0 Å². The van der Waals surface area contributed by atoms with Crippen LogP contribution in [0.1, 0.15) is 40.3 Å². The van der Waals surface area contributed by atoms with Crippen LogP contribution in [0.2, 0.25) is 0 Å². The van der Waals surface area contributed by atoms with Gasteiger partial charge in [-0.25, -0.2) is 0 Å². The first-order valence-electron chi connectivity index (χ1n) is 10.8. The van der Waals surface area contributed by atoms with Crippen LogP contribution in [0.4, 0.5) is 0 Å². The van der Waals surface area contributed by atoms with Crippen molar-refractivity contribution in [2.24, 2.45) is 0 Å². The van der Waals surface area contributed by atoms with E-state index in [0.717, 1.165) is 12.0 Å². The van der Waals surface area contributed by atoms with Gasteiger partial charge in [-0.2, -0.15) is 5.26 Å². The molecule has 0 unspecified atom stereocenters. The van der Waals surface area contributed by atoms with Crippen LogP contribution in [-0.2, 0) is 12.2 Å². The number of aryl methyl sites for hydroxylation is 1. The predicted molar refractivity (Wildman–Crippen MR) is 137 cm³/mol. The van der Waals surface area contributed by atoms with E-state index in [2.05, 4.69) is 122 Å². The highest BCUT2D eigenvalue weighted by molar-refractivity contribution is 8.02. The van der Waals surface area contributed by atoms with Gasteiger partial charge in [0.05, 0.1) is 0 Å². The summed E-state index contributed by atoms with van der Waals surface area (Å²) in [6, 6.07) is 38.8. The highest BCUT2D eigenvalue weighted by atomic mass is 32.2. The van der Waals surface area contributed by atoms with E-state index in [-0.39, 0.29) is 0 Å². The average Bonchev–Trinajstić information content (AvgIpc) is 2.87. The van der Waals surface area contributed by atoms with Crippen LogP contribution < -0.4 is 0 Å². The Hall–Kier alpha value is -3.54. The highest BCUT2D eigenvalue weighted by Crippen LogP contribution is 2.37. The van der Waals surface area contributed by atoms with Crippen LogP contribution in [0, 0.1) is 10.7 Å². The van der Waals surface area contributed by atoms with Gasteiger partial charge in [0.25, 0.3) is 0 Å². The SMILES string of the molecule is CCc1ccc(C(=C(c2ccccc2)c2ccc(CSC#N)cc2)c2ccccc2)cc1. The van der Waals surface area contributed by atoms with E-state index in [4.69, 9.17) is 5.26 Å². The molecule has 0 amide bonds. The summed E-state index contributed by atoms with van der Waals surface area (Å²) in [7, 11) is 0. The second-order valence-corrected chi connectivity index (χ2v) is 8.37. The molecule has 0 atom stereocenters. The van der Waals surface area contributed by atoms with Gasteiger partial charge in [-0.1, -0.05) is 116 Å². The molecule has 4 aromatic carbocycles. The van der Waals surface area contributed by atoms with Gasteiger partial charge in [-0.3, -0.25) is 0 Å². The number of nitriles is 1. The number of nitrogens with zero attached hydrogens (tertiary/aromatic N) is 1. The maximum Gasteiger partial charge on any atom is 0.133 e. The molecule has 0 aliphatic carbocycles. The minimum atomic E-state index is 0.700. The summed E-state index contributed by atoms with van der Waals surface area (Å²) < 4.78 is 0. The van der Waals surface area contributed by atoms with E-state index in [0.29, 0.717) is 5.75 Å². The molecule has 4 aromatic rings. The summed E-state index contributed by atoms with van der Waals surface area (Å²) in [5, 5.41) is 11.0. The Morgan fingerprint density at radius 1 is 0.594 bits per heavy atom. The minimum absolute atomic E-state index is 0.700. The second-order valence-electron chi connectivity index (χ2n) is 7.61. The molecule has 0 saturated heterocycles. The standard InChI is InChI=1S/C30H25NS/c1-2-23-13-17-27(18-14-23)29(25-9-5-3-6-10-25)30(26-11-7-4-8-12-26)28-19-15-24(16-20-28)21-32-22-31/h3-20H,2,21H2,1H3. The van der Waals surface area contributed by atoms with Crippen LogP contribution in [0.5, 0.6) is 0 Å². The molecule has 0 aliphatic rings. The highest BCUT2D eigenvalue weighted by Gasteiger charge is 2.16. The third-order valence-corrected chi connectivity index (χ3v) is 6.18. The van der Waals surface area contributed by atoms with Crippen LogP contribution >= 0.6 is 11.8 Å². The summed E-state index contributed by atoms with van der Waals surface area (Å²) in [6.45, 7) is 2.19. The lowest BCUT2D eigenvalue weighted by atomic mass is 9.85. The van der Waals surface area contributed by atoms with E-state index in [1.165, 1.54) is 50.7 Å². The van der Waals surface area contributed by atoms with Crippen molar-refractivity contribution in [3.63, 3.8) is 0 Å². The van der Waals surface area contributed by atoms with Gasteiger partial charge in [-0.05, 0) is 62.7 Å². The van der Waals surface area contributed by atoms with Crippen molar-refractivity contribution in [2.45, 2.75) is 19.1 Å². The van der Waals surface area contributed by atoms with Crippen molar-refractivity contribution in [3.05, 3.63) is 143 Å². The molecule has 0 N–H and O–H groups in total. The average molecular weight is 432 g/mol. The molecule has 0 aliphatic heterocycles. The van der Waals surface area contributed by atoms with E-state index >= 15 is 0 Å². The molecule has 0 fully saturated rings. The zero-order chi connectivity index (χ0) is 22.2. The zero-order valence-corrected chi connectivity index (χ0v) is 19.0. The molecule has 32 heavy (non-hydrogen) atoms. The molecule has 0 bridgehead atoms. The van der Waals surface area contributed by atoms with E-state index in [1.54, 1.807) is 0 Å².